The molecular weight excluding hydrogens is 258 g/mol. The van der Waals surface area contributed by atoms with Crippen molar-refractivity contribution in [1.82, 2.24) is 0 Å². The lowest BCUT2D eigenvalue weighted by molar-refractivity contribution is 0.580. The van der Waals surface area contributed by atoms with E-state index in [0.29, 0.717) is 11.3 Å². The average Bonchev–Trinajstić information content (AvgIpc) is 2.90. The molecule has 0 radical (unpaired) electrons. The van der Waals surface area contributed by atoms with Crippen molar-refractivity contribution in [3.63, 3.8) is 0 Å². The Labute approximate surface area is 116 Å². The molecule has 1 fully saturated rings. The van der Waals surface area contributed by atoms with Crippen molar-refractivity contribution in [2.24, 2.45) is 5.92 Å². The summed E-state index contributed by atoms with van der Waals surface area (Å²) in [6, 6.07) is 7.17. The van der Waals surface area contributed by atoms with Crippen LogP contribution in [0.1, 0.15) is 39.0 Å². The van der Waals surface area contributed by atoms with Gasteiger partial charge in [-0.15, -0.1) is 0 Å². The Kier molecular flexibility index (Phi) is 4.86. The molecule has 0 heterocycles. The van der Waals surface area contributed by atoms with Crippen LogP contribution < -0.4 is 5.32 Å². The molecule has 1 aromatic carbocycles. The van der Waals surface area contributed by atoms with E-state index in [2.05, 4.69) is 5.32 Å². The van der Waals surface area contributed by atoms with Crippen molar-refractivity contribution in [2.75, 3.05) is 17.6 Å². The van der Waals surface area contributed by atoms with Gasteiger partial charge in [0.15, 0.2) is 9.84 Å². The van der Waals surface area contributed by atoms with Crippen LogP contribution in [-0.4, -0.2) is 20.7 Å². The van der Waals surface area contributed by atoms with Crippen LogP contribution in [-0.2, 0) is 9.84 Å². The van der Waals surface area contributed by atoms with Gasteiger partial charge in [0.2, 0.25) is 0 Å². The second-order valence-electron chi connectivity index (χ2n) is 5.37. The van der Waals surface area contributed by atoms with E-state index in [1.54, 1.807) is 12.1 Å². The van der Waals surface area contributed by atoms with Crippen LogP contribution in [0, 0.1) is 5.92 Å². The molecule has 1 saturated carbocycles. The number of hydrogen-bond donors (Lipinski definition) is 1. The van der Waals surface area contributed by atoms with Crippen molar-refractivity contribution in [3.05, 3.63) is 24.3 Å². The summed E-state index contributed by atoms with van der Waals surface area (Å²) in [6.07, 6.45) is 5.98. The first-order valence-electron chi connectivity index (χ1n) is 7.18. The van der Waals surface area contributed by atoms with Crippen molar-refractivity contribution in [2.45, 2.75) is 43.9 Å². The molecule has 0 bridgehead atoms. The number of rotatable bonds is 6. The first-order valence-corrected chi connectivity index (χ1v) is 8.84. The summed E-state index contributed by atoms with van der Waals surface area (Å²) in [7, 11) is -3.09. The highest BCUT2D eigenvalue weighted by Crippen LogP contribution is 2.25. The molecule has 2 rings (SSSR count). The lowest BCUT2D eigenvalue weighted by atomic mass is 10.1. The predicted molar refractivity (Wildman–Crippen MR) is 79.2 cm³/mol. The molecule has 0 aromatic heterocycles. The van der Waals surface area contributed by atoms with E-state index in [9.17, 15) is 8.42 Å². The average molecular weight is 281 g/mol. The molecule has 106 valence electrons. The van der Waals surface area contributed by atoms with Gasteiger partial charge in [-0.3, -0.25) is 0 Å². The molecule has 1 N–H and O–H groups in total. The Morgan fingerprint density at radius 1 is 1.16 bits per heavy atom. The number of benzene rings is 1. The smallest absolute Gasteiger partial charge is 0.178 e. The molecular formula is C15H23NO2S. The van der Waals surface area contributed by atoms with Crippen LogP contribution in [0.25, 0.3) is 0 Å². The van der Waals surface area contributed by atoms with Gasteiger partial charge in [0.1, 0.15) is 0 Å². The van der Waals surface area contributed by atoms with Crippen molar-refractivity contribution in [1.29, 1.82) is 0 Å². The summed E-state index contributed by atoms with van der Waals surface area (Å²) in [5, 5.41) is 3.40. The fourth-order valence-corrected chi connectivity index (χ4v) is 3.97. The molecule has 1 aromatic rings. The number of anilines is 1. The van der Waals surface area contributed by atoms with E-state index in [4.69, 9.17) is 0 Å². The fourth-order valence-electron chi connectivity index (χ4n) is 2.64. The van der Waals surface area contributed by atoms with Crippen molar-refractivity contribution < 1.29 is 8.42 Å². The molecule has 1 aliphatic rings. The normalized spacial score (nSPS) is 16.7. The highest BCUT2D eigenvalue weighted by atomic mass is 32.2. The maximum atomic E-state index is 11.9. The molecule has 4 heteroatoms. The molecule has 0 amide bonds. The number of nitrogens with one attached hydrogen (secondary N) is 1. The minimum Gasteiger partial charge on any atom is -0.385 e. The maximum Gasteiger partial charge on any atom is 0.178 e. The quantitative estimate of drug-likeness (QED) is 0.868. The van der Waals surface area contributed by atoms with Crippen LogP contribution in [0.15, 0.2) is 29.2 Å². The standard InChI is InChI=1S/C15H23NO2S/c1-2-11-19(17,18)15-9-7-14(8-10-15)16-12-13-5-3-4-6-13/h7-10,13,16H,2-6,11-12H2,1H3. The summed E-state index contributed by atoms with van der Waals surface area (Å²) in [6.45, 7) is 2.89. The van der Waals surface area contributed by atoms with Gasteiger partial charge >= 0.3 is 0 Å². The van der Waals surface area contributed by atoms with Gasteiger partial charge in [0.25, 0.3) is 0 Å². The van der Waals surface area contributed by atoms with Gasteiger partial charge in [-0.25, -0.2) is 8.42 Å². The second kappa shape index (κ2) is 6.42. The van der Waals surface area contributed by atoms with Crippen molar-refractivity contribution in [3.8, 4) is 0 Å². The summed E-state index contributed by atoms with van der Waals surface area (Å²) < 4.78 is 23.8. The Morgan fingerprint density at radius 2 is 1.79 bits per heavy atom. The molecule has 0 atom stereocenters. The monoisotopic (exact) mass is 281 g/mol. The van der Waals surface area contributed by atoms with Crippen LogP contribution in [0.5, 0.6) is 0 Å². The summed E-state index contributed by atoms with van der Waals surface area (Å²) in [5.74, 6) is 1.01. The van der Waals surface area contributed by atoms with E-state index < -0.39 is 9.84 Å². The van der Waals surface area contributed by atoms with Gasteiger partial charge in [-0.1, -0.05) is 19.8 Å². The van der Waals surface area contributed by atoms with Gasteiger partial charge < -0.3 is 5.32 Å². The van der Waals surface area contributed by atoms with E-state index in [-0.39, 0.29) is 5.75 Å². The molecule has 19 heavy (non-hydrogen) atoms. The largest absolute Gasteiger partial charge is 0.385 e. The van der Waals surface area contributed by atoms with Gasteiger partial charge in [0, 0.05) is 12.2 Å². The number of hydrogen-bond acceptors (Lipinski definition) is 3. The van der Waals surface area contributed by atoms with E-state index in [1.165, 1.54) is 25.7 Å². The lowest BCUT2D eigenvalue weighted by Crippen LogP contribution is -2.11. The summed E-state index contributed by atoms with van der Waals surface area (Å²) >= 11 is 0. The third-order valence-corrected chi connectivity index (χ3v) is 5.69. The third-order valence-electron chi connectivity index (χ3n) is 3.76. The Hall–Kier alpha value is -1.03. The minimum atomic E-state index is -3.09. The van der Waals surface area contributed by atoms with Gasteiger partial charge in [-0.2, -0.15) is 0 Å². The molecule has 0 unspecified atom stereocenters. The van der Waals surface area contributed by atoms with Crippen molar-refractivity contribution >= 4 is 15.5 Å². The second-order valence-corrected chi connectivity index (χ2v) is 7.48. The molecule has 0 aliphatic heterocycles. The first kappa shape index (κ1) is 14.4. The Bertz CT molecular complexity index is 487. The molecule has 3 nitrogen and oxygen atoms in total. The highest BCUT2D eigenvalue weighted by molar-refractivity contribution is 7.91. The minimum absolute atomic E-state index is 0.224. The van der Waals surface area contributed by atoms with Gasteiger partial charge in [0.05, 0.1) is 10.6 Å². The zero-order valence-corrected chi connectivity index (χ0v) is 12.4. The number of sulfone groups is 1. The van der Waals surface area contributed by atoms with Gasteiger partial charge in [-0.05, 0) is 49.4 Å². The first-order chi connectivity index (χ1) is 9.12. The molecule has 0 spiro atoms. The van der Waals surface area contributed by atoms with E-state index >= 15 is 0 Å². The fraction of sp³-hybridized carbons (Fsp3) is 0.600. The zero-order valence-electron chi connectivity index (χ0n) is 11.6. The Balaban J connectivity index is 1.94. The van der Waals surface area contributed by atoms with Crippen LogP contribution >= 0.6 is 0 Å². The van der Waals surface area contributed by atoms with Crippen LogP contribution in [0.2, 0.25) is 0 Å². The predicted octanol–water partition coefficient (Wildman–Crippen LogP) is 3.47. The summed E-state index contributed by atoms with van der Waals surface area (Å²) in [4.78, 5) is 0.431. The summed E-state index contributed by atoms with van der Waals surface area (Å²) in [5.41, 5.74) is 1.02. The lowest BCUT2D eigenvalue weighted by Gasteiger charge is -2.12. The van der Waals surface area contributed by atoms with Crippen LogP contribution in [0.4, 0.5) is 5.69 Å². The maximum absolute atomic E-state index is 11.9. The Morgan fingerprint density at radius 3 is 2.37 bits per heavy atom. The van der Waals surface area contributed by atoms with E-state index in [1.807, 2.05) is 19.1 Å². The molecule has 0 saturated heterocycles. The molecule has 1 aliphatic carbocycles. The zero-order chi connectivity index (χ0) is 13.7. The van der Waals surface area contributed by atoms with E-state index in [0.717, 1.165) is 18.2 Å². The SMILES string of the molecule is CCCS(=O)(=O)c1ccc(NCC2CCCC2)cc1. The topological polar surface area (TPSA) is 46.2 Å². The van der Waals surface area contributed by atoms with Crippen LogP contribution in [0.3, 0.4) is 0 Å². The third kappa shape index (κ3) is 3.96. The highest BCUT2D eigenvalue weighted by Gasteiger charge is 2.15.